The Morgan fingerprint density at radius 3 is 2.59 bits per heavy atom. The Morgan fingerprint density at radius 2 is 1.94 bits per heavy atom. The van der Waals surface area contributed by atoms with Gasteiger partial charge in [0.2, 0.25) is 5.95 Å². The van der Waals surface area contributed by atoms with Crippen LogP contribution in [-0.4, -0.2) is 57.9 Å². The number of ether oxygens (including phenoxy) is 1. The molecule has 7 heteroatoms. The molecule has 3 heterocycles. The molecule has 6 bridgehead atoms. The number of amides is 1. The van der Waals surface area contributed by atoms with E-state index in [1.807, 2.05) is 0 Å². The highest BCUT2D eigenvalue weighted by molar-refractivity contribution is 5.95. The van der Waals surface area contributed by atoms with Crippen LogP contribution >= 0.6 is 0 Å². The maximum Gasteiger partial charge on any atom is 0.254 e. The Kier molecular flexibility index (Phi) is 4.39. The number of aliphatic hydroxyl groups is 1. The van der Waals surface area contributed by atoms with E-state index in [0.29, 0.717) is 41.4 Å². The van der Waals surface area contributed by atoms with Crippen LogP contribution in [0, 0.1) is 17.8 Å². The first-order chi connectivity index (χ1) is 15.5. The third-order valence-corrected chi connectivity index (χ3v) is 9.49. The number of carbonyl (C=O) groups excluding carboxylic acids is 1. The lowest BCUT2D eigenvalue weighted by atomic mass is 9.52. The minimum absolute atomic E-state index is 0.00538. The third-order valence-electron chi connectivity index (χ3n) is 9.49. The van der Waals surface area contributed by atoms with Gasteiger partial charge in [0.15, 0.2) is 0 Å². The van der Waals surface area contributed by atoms with E-state index in [1.54, 1.807) is 6.20 Å². The summed E-state index contributed by atoms with van der Waals surface area (Å²) in [6.07, 6.45) is 12.7. The van der Waals surface area contributed by atoms with E-state index in [-0.39, 0.29) is 11.9 Å². The summed E-state index contributed by atoms with van der Waals surface area (Å²) < 4.78 is 5.75. The lowest BCUT2D eigenvalue weighted by Crippen LogP contribution is -2.61. The van der Waals surface area contributed by atoms with Gasteiger partial charge in [-0.25, -0.2) is 9.97 Å². The van der Waals surface area contributed by atoms with Crippen LogP contribution in [0.15, 0.2) is 6.20 Å². The van der Waals surface area contributed by atoms with Gasteiger partial charge in [0.1, 0.15) is 0 Å². The predicted molar refractivity (Wildman–Crippen MR) is 118 cm³/mol. The Morgan fingerprint density at radius 1 is 1.16 bits per heavy atom. The molecule has 4 atom stereocenters. The lowest BCUT2D eigenvalue weighted by molar-refractivity contribution is -0.136. The molecule has 7 aliphatic rings. The van der Waals surface area contributed by atoms with E-state index in [1.165, 1.54) is 12.8 Å². The van der Waals surface area contributed by atoms with Crippen LogP contribution in [0.1, 0.15) is 86.2 Å². The first kappa shape index (κ1) is 19.7. The number of hydrogen-bond acceptors (Lipinski definition) is 6. The monoisotopic (exact) mass is 438 g/mol. The Balaban J connectivity index is 1.16. The Bertz CT molecular complexity index is 916. The molecule has 2 saturated heterocycles. The number of morpholine rings is 1. The highest BCUT2D eigenvalue weighted by Crippen LogP contribution is 2.55. The first-order valence-electron chi connectivity index (χ1n) is 12.8. The van der Waals surface area contributed by atoms with Crippen molar-refractivity contribution in [2.75, 3.05) is 18.1 Å². The number of fused-ring (bicyclic) bond motifs is 2. The van der Waals surface area contributed by atoms with Gasteiger partial charge < -0.3 is 20.1 Å². The molecule has 2 N–H and O–H groups in total. The van der Waals surface area contributed by atoms with Gasteiger partial charge in [-0.2, -0.15) is 0 Å². The summed E-state index contributed by atoms with van der Waals surface area (Å²) in [4.78, 5) is 25.6. The molecule has 5 aliphatic carbocycles. The van der Waals surface area contributed by atoms with E-state index >= 15 is 0 Å². The van der Waals surface area contributed by atoms with Gasteiger partial charge in [-0.05, 0) is 69.1 Å². The number of rotatable bonds is 4. The van der Waals surface area contributed by atoms with Crippen molar-refractivity contribution >= 4 is 11.9 Å². The number of nitrogens with zero attached hydrogens (tertiary/aromatic N) is 3. The van der Waals surface area contributed by atoms with Crippen LogP contribution in [0.2, 0.25) is 0 Å². The second kappa shape index (κ2) is 7.13. The summed E-state index contributed by atoms with van der Waals surface area (Å²) in [6.45, 7) is 1.61. The quantitative estimate of drug-likeness (QED) is 0.752. The van der Waals surface area contributed by atoms with E-state index in [0.717, 1.165) is 76.2 Å². The molecule has 5 saturated carbocycles. The van der Waals surface area contributed by atoms with Crippen LogP contribution in [-0.2, 0) is 4.74 Å². The molecule has 0 aromatic carbocycles. The average Bonchev–Trinajstić information content (AvgIpc) is 3.53. The molecule has 8 rings (SSSR count). The normalized spacial score (nSPS) is 42.2. The van der Waals surface area contributed by atoms with E-state index in [2.05, 4.69) is 15.2 Å². The first-order valence-corrected chi connectivity index (χ1v) is 12.8. The highest BCUT2D eigenvalue weighted by atomic mass is 16.5. The van der Waals surface area contributed by atoms with Crippen LogP contribution in [0.25, 0.3) is 0 Å². The summed E-state index contributed by atoms with van der Waals surface area (Å²) in [6, 6.07) is 0.553. The largest absolute Gasteiger partial charge is 0.390 e. The molecular formula is C25H34N4O3. The van der Waals surface area contributed by atoms with Crippen molar-refractivity contribution in [1.29, 1.82) is 0 Å². The number of anilines is 1. The molecule has 2 unspecified atom stereocenters. The SMILES string of the molecule is O=C(NC1C2CC3CC1CC(O)(C3)C2)c1cnc(N2C[C@H]3C[C@@H]2CO3)nc1C1CCCC1. The summed E-state index contributed by atoms with van der Waals surface area (Å²) >= 11 is 0. The summed E-state index contributed by atoms with van der Waals surface area (Å²) in [5.74, 6) is 2.58. The maximum absolute atomic E-state index is 13.6. The van der Waals surface area contributed by atoms with Gasteiger partial charge in [-0.3, -0.25) is 4.79 Å². The second-order valence-electron chi connectivity index (χ2n) is 11.6. The zero-order valence-electron chi connectivity index (χ0n) is 18.7. The van der Waals surface area contributed by atoms with E-state index < -0.39 is 5.60 Å². The van der Waals surface area contributed by atoms with Crippen molar-refractivity contribution in [2.24, 2.45) is 17.8 Å². The van der Waals surface area contributed by atoms with Crippen LogP contribution in [0.4, 0.5) is 5.95 Å². The van der Waals surface area contributed by atoms with Gasteiger partial charge >= 0.3 is 0 Å². The molecule has 7 nitrogen and oxygen atoms in total. The summed E-state index contributed by atoms with van der Waals surface area (Å²) in [5, 5.41) is 14.3. The van der Waals surface area contributed by atoms with Crippen LogP contribution in [0.5, 0.6) is 0 Å². The number of nitrogens with one attached hydrogen (secondary N) is 1. The van der Waals surface area contributed by atoms with Crippen molar-refractivity contribution in [1.82, 2.24) is 15.3 Å². The maximum atomic E-state index is 13.6. The van der Waals surface area contributed by atoms with Crippen molar-refractivity contribution in [3.63, 3.8) is 0 Å². The molecule has 1 amide bonds. The van der Waals surface area contributed by atoms with E-state index in [9.17, 15) is 9.90 Å². The molecule has 1 aromatic heterocycles. The number of aromatic nitrogens is 2. The third kappa shape index (κ3) is 3.11. The van der Waals surface area contributed by atoms with E-state index in [4.69, 9.17) is 9.72 Å². The highest BCUT2D eigenvalue weighted by Gasteiger charge is 2.55. The molecule has 32 heavy (non-hydrogen) atoms. The standard InChI is InChI=1S/C25H34N4O3/c30-23(27-21-16-5-14-6-17(21)10-25(31,8-14)9-16)20-11-26-24(28-22(20)15-3-1-2-4-15)29-12-19-7-18(29)13-32-19/h11,14-19,21,31H,1-10,12-13H2,(H,27,30)/t14?,16?,17?,18-,19-,21?,25?/m1/s1. The fraction of sp³-hybridized carbons (Fsp3) is 0.800. The van der Waals surface area contributed by atoms with Gasteiger partial charge in [0, 0.05) is 24.7 Å². The van der Waals surface area contributed by atoms with Crippen molar-refractivity contribution in [2.45, 2.75) is 93.9 Å². The Labute approximate surface area is 189 Å². The topological polar surface area (TPSA) is 87.6 Å². The summed E-state index contributed by atoms with van der Waals surface area (Å²) in [5.41, 5.74) is 1.15. The minimum atomic E-state index is -0.476. The van der Waals surface area contributed by atoms with Gasteiger partial charge in [0.05, 0.1) is 35.6 Å². The molecular weight excluding hydrogens is 404 g/mol. The van der Waals surface area contributed by atoms with Crippen molar-refractivity contribution in [3.8, 4) is 0 Å². The van der Waals surface area contributed by atoms with Gasteiger partial charge in [-0.1, -0.05) is 12.8 Å². The van der Waals surface area contributed by atoms with Crippen molar-refractivity contribution in [3.05, 3.63) is 17.5 Å². The number of hydrogen-bond donors (Lipinski definition) is 2. The molecule has 0 radical (unpaired) electrons. The molecule has 2 aliphatic heterocycles. The fourth-order valence-electron chi connectivity index (χ4n) is 8.30. The van der Waals surface area contributed by atoms with Gasteiger partial charge in [0.25, 0.3) is 5.91 Å². The van der Waals surface area contributed by atoms with Crippen LogP contribution < -0.4 is 10.2 Å². The minimum Gasteiger partial charge on any atom is -0.390 e. The van der Waals surface area contributed by atoms with Crippen molar-refractivity contribution < 1.29 is 14.6 Å². The zero-order chi connectivity index (χ0) is 21.4. The van der Waals surface area contributed by atoms with Gasteiger partial charge in [-0.15, -0.1) is 0 Å². The van der Waals surface area contributed by atoms with Crippen LogP contribution in [0.3, 0.4) is 0 Å². The summed E-state index contributed by atoms with van der Waals surface area (Å²) in [7, 11) is 0. The molecule has 0 spiro atoms. The molecule has 1 aromatic rings. The second-order valence-corrected chi connectivity index (χ2v) is 11.6. The number of carbonyl (C=O) groups is 1. The molecule has 7 fully saturated rings. The molecule has 172 valence electrons. The predicted octanol–water partition coefficient (Wildman–Crippen LogP) is 2.78. The smallest absolute Gasteiger partial charge is 0.254 e. The fourth-order valence-corrected chi connectivity index (χ4v) is 8.30. The Hall–Kier alpha value is -1.73. The average molecular weight is 439 g/mol. The zero-order valence-corrected chi connectivity index (χ0v) is 18.7. The lowest BCUT2D eigenvalue weighted by Gasteiger charge is -2.58.